The van der Waals surface area contributed by atoms with E-state index in [0.717, 1.165) is 27.4 Å². The molecule has 0 bridgehead atoms. The molecule has 26 heavy (non-hydrogen) atoms. The minimum Gasteiger partial charge on any atom is -0.370 e. The lowest BCUT2D eigenvalue weighted by atomic mass is 9.85. The Kier molecular flexibility index (Phi) is 3.06. The van der Waals surface area contributed by atoms with Crippen molar-refractivity contribution in [2.24, 2.45) is 10.7 Å². The van der Waals surface area contributed by atoms with Crippen LogP contribution in [-0.4, -0.2) is 35.3 Å². The molecule has 0 fully saturated rings. The zero-order valence-electron chi connectivity index (χ0n) is 13.9. The normalized spacial score (nSPS) is 22.7. The van der Waals surface area contributed by atoms with Gasteiger partial charge in [-0.05, 0) is 30.2 Å². The van der Waals surface area contributed by atoms with E-state index < -0.39 is 6.04 Å². The number of aromatic amines is 1. The van der Waals surface area contributed by atoms with Crippen LogP contribution in [0.25, 0.3) is 21.8 Å². The van der Waals surface area contributed by atoms with Crippen LogP contribution in [-0.2, 0) is 4.79 Å². The SMILES string of the molecule is NC1=NC(C2CCNC(=O)c3cc4[nH]c5ccccc5c4cc32)C(=O)N1. The Morgan fingerprint density at radius 2 is 1.92 bits per heavy atom. The van der Waals surface area contributed by atoms with E-state index in [-0.39, 0.29) is 23.7 Å². The van der Waals surface area contributed by atoms with Crippen molar-refractivity contribution in [3.8, 4) is 0 Å². The highest BCUT2D eigenvalue weighted by Gasteiger charge is 2.37. The Labute approximate surface area is 148 Å². The van der Waals surface area contributed by atoms with Gasteiger partial charge in [0.2, 0.25) is 0 Å². The number of benzene rings is 2. The summed E-state index contributed by atoms with van der Waals surface area (Å²) >= 11 is 0. The number of carbonyl (C=O) groups excluding carboxylic acids is 2. The number of para-hydroxylation sites is 1. The van der Waals surface area contributed by atoms with Crippen molar-refractivity contribution in [2.45, 2.75) is 18.4 Å². The van der Waals surface area contributed by atoms with Crippen LogP contribution in [0.15, 0.2) is 41.4 Å². The summed E-state index contributed by atoms with van der Waals surface area (Å²) in [6, 6.07) is 11.3. The maximum Gasteiger partial charge on any atom is 0.252 e. The van der Waals surface area contributed by atoms with E-state index in [1.807, 2.05) is 36.4 Å². The summed E-state index contributed by atoms with van der Waals surface area (Å²) in [5.41, 5.74) is 9.03. The summed E-state index contributed by atoms with van der Waals surface area (Å²) in [6.45, 7) is 0.492. The molecule has 0 saturated carbocycles. The molecular formula is C19H17N5O2. The van der Waals surface area contributed by atoms with Gasteiger partial charge in [0, 0.05) is 39.8 Å². The third-order valence-electron chi connectivity index (χ3n) is 5.24. The molecule has 7 heteroatoms. The van der Waals surface area contributed by atoms with Crippen molar-refractivity contribution < 1.29 is 9.59 Å². The van der Waals surface area contributed by atoms with Gasteiger partial charge < -0.3 is 16.0 Å². The fourth-order valence-electron chi connectivity index (χ4n) is 4.05. The lowest BCUT2D eigenvalue weighted by Crippen LogP contribution is -2.35. The molecule has 2 aliphatic heterocycles. The number of hydrogen-bond acceptors (Lipinski definition) is 4. The van der Waals surface area contributed by atoms with Crippen molar-refractivity contribution in [2.75, 3.05) is 6.54 Å². The van der Waals surface area contributed by atoms with Crippen LogP contribution in [0.1, 0.15) is 28.3 Å². The number of carbonyl (C=O) groups is 2. The van der Waals surface area contributed by atoms with Crippen molar-refractivity contribution in [3.05, 3.63) is 47.5 Å². The molecule has 2 aliphatic rings. The first-order valence-electron chi connectivity index (χ1n) is 8.58. The number of nitrogens with zero attached hydrogens (tertiary/aromatic N) is 1. The predicted molar refractivity (Wildman–Crippen MR) is 99.0 cm³/mol. The largest absolute Gasteiger partial charge is 0.370 e. The summed E-state index contributed by atoms with van der Waals surface area (Å²) in [5, 5.41) is 7.61. The van der Waals surface area contributed by atoms with Gasteiger partial charge in [0.15, 0.2) is 5.96 Å². The molecule has 5 N–H and O–H groups in total. The van der Waals surface area contributed by atoms with Crippen LogP contribution in [0.2, 0.25) is 0 Å². The third kappa shape index (κ3) is 2.10. The van der Waals surface area contributed by atoms with Gasteiger partial charge in [-0.1, -0.05) is 18.2 Å². The monoisotopic (exact) mass is 347 g/mol. The molecule has 0 spiro atoms. The zero-order chi connectivity index (χ0) is 17.8. The number of nitrogens with one attached hydrogen (secondary N) is 3. The summed E-state index contributed by atoms with van der Waals surface area (Å²) in [4.78, 5) is 32.5. The summed E-state index contributed by atoms with van der Waals surface area (Å²) in [7, 11) is 0. The number of aliphatic imine (C=N–C) groups is 1. The van der Waals surface area contributed by atoms with E-state index in [2.05, 4.69) is 20.6 Å². The summed E-state index contributed by atoms with van der Waals surface area (Å²) < 4.78 is 0. The molecule has 2 unspecified atom stereocenters. The van der Waals surface area contributed by atoms with Crippen LogP contribution < -0.4 is 16.4 Å². The number of amides is 2. The quantitative estimate of drug-likeness (QED) is 0.533. The van der Waals surface area contributed by atoms with Crippen molar-refractivity contribution in [3.63, 3.8) is 0 Å². The maximum absolute atomic E-state index is 12.6. The van der Waals surface area contributed by atoms with E-state index in [1.165, 1.54) is 0 Å². The summed E-state index contributed by atoms with van der Waals surface area (Å²) in [5.74, 6) is -0.411. The van der Waals surface area contributed by atoms with Crippen LogP contribution >= 0.6 is 0 Å². The first-order valence-corrected chi connectivity index (χ1v) is 8.58. The zero-order valence-corrected chi connectivity index (χ0v) is 13.9. The lowest BCUT2D eigenvalue weighted by molar-refractivity contribution is -0.120. The average Bonchev–Trinajstić information content (AvgIpc) is 3.11. The molecule has 0 aliphatic carbocycles. The Hall–Kier alpha value is -3.35. The number of aromatic nitrogens is 1. The molecule has 0 saturated heterocycles. The second-order valence-electron chi connectivity index (χ2n) is 6.76. The smallest absolute Gasteiger partial charge is 0.252 e. The molecular weight excluding hydrogens is 330 g/mol. The Bertz CT molecular complexity index is 1110. The standard InChI is InChI=1S/C19H17N5O2/c20-19-23-16(18(26)24-19)10-5-6-21-17(25)13-8-15-12(7-11(10)13)9-3-1-2-4-14(9)22-15/h1-4,7-8,10,16,22H,5-6H2,(H,21,25)(H3,20,23,24,26). The number of H-pyrrole nitrogens is 1. The summed E-state index contributed by atoms with van der Waals surface area (Å²) in [6.07, 6.45) is 0.626. The Morgan fingerprint density at radius 1 is 1.08 bits per heavy atom. The van der Waals surface area contributed by atoms with E-state index in [1.54, 1.807) is 0 Å². The molecule has 1 aromatic heterocycles. The topological polar surface area (TPSA) is 112 Å². The van der Waals surface area contributed by atoms with Crippen LogP contribution in [0.3, 0.4) is 0 Å². The van der Waals surface area contributed by atoms with Crippen molar-refractivity contribution >= 4 is 39.6 Å². The number of rotatable bonds is 1. The van der Waals surface area contributed by atoms with Gasteiger partial charge in [0.05, 0.1) is 0 Å². The van der Waals surface area contributed by atoms with Crippen molar-refractivity contribution in [1.82, 2.24) is 15.6 Å². The number of hydrogen-bond donors (Lipinski definition) is 4. The molecule has 7 nitrogen and oxygen atoms in total. The van der Waals surface area contributed by atoms with Gasteiger partial charge >= 0.3 is 0 Å². The first-order chi connectivity index (χ1) is 12.6. The van der Waals surface area contributed by atoms with Gasteiger partial charge in [-0.2, -0.15) is 0 Å². The molecule has 2 aromatic carbocycles. The van der Waals surface area contributed by atoms with Gasteiger partial charge in [-0.25, -0.2) is 4.99 Å². The number of guanidine groups is 1. The Morgan fingerprint density at radius 3 is 2.73 bits per heavy atom. The van der Waals surface area contributed by atoms with Crippen LogP contribution in [0.5, 0.6) is 0 Å². The predicted octanol–water partition coefficient (Wildman–Crippen LogP) is 1.35. The highest BCUT2D eigenvalue weighted by molar-refractivity contribution is 6.11. The van der Waals surface area contributed by atoms with E-state index in [9.17, 15) is 9.59 Å². The number of nitrogens with two attached hydrogens (primary N) is 1. The molecule has 5 rings (SSSR count). The highest BCUT2D eigenvalue weighted by Crippen LogP contribution is 2.36. The second-order valence-corrected chi connectivity index (χ2v) is 6.76. The Balaban J connectivity index is 1.76. The molecule has 0 radical (unpaired) electrons. The van der Waals surface area contributed by atoms with Gasteiger partial charge in [0.1, 0.15) is 6.04 Å². The van der Waals surface area contributed by atoms with Crippen LogP contribution in [0, 0.1) is 0 Å². The first kappa shape index (κ1) is 14.9. The highest BCUT2D eigenvalue weighted by atomic mass is 16.2. The molecule has 130 valence electrons. The minimum atomic E-state index is -0.607. The van der Waals surface area contributed by atoms with Crippen LogP contribution in [0.4, 0.5) is 0 Å². The second kappa shape index (κ2) is 5.32. The molecule has 2 amide bonds. The maximum atomic E-state index is 12.6. The molecule has 3 aromatic rings. The van der Waals surface area contributed by atoms with E-state index in [0.29, 0.717) is 18.5 Å². The average molecular weight is 347 g/mol. The lowest BCUT2D eigenvalue weighted by Gasteiger charge is -2.19. The molecule has 2 atom stereocenters. The fraction of sp³-hybridized carbons (Fsp3) is 0.211. The van der Waals surface area contributed by atoms with Gasteiger partial charge in [-0.15, -0.1) is 0 Å². The minimum absolute atomic E-state index is 0.126. The molecule has 3 heterocycles. The van der Waals surface area contributed by atoms with Gasteiger partial charge in [-0.3, -0.25) is 14.9 Å². The fourth-order valence-corrected chi connectivity index (χ4v) is 4.05. The van der Waals surface area contributed by atoms with Crippen molar-refractivity contribution in [1.29, 1.82) is 0 Å². The van der Waals surface area contributed by atoms with E-state index in [4.69, 9.17) is 5.73 Å². The number of fused-ring (bicyclic) bond motifs is 4. The van der Waals surface area contributed by atoms with E-state index >= 15 is 0 Å². The van der Waals surface area contributed by atoms with Gasteiger partial charge in [0.25, 0.3) is 11.8 Å². The third-order valence-corrected chi connectivity index (χ3v) is 5.24.